The first kappa shape index (κ1) is 25.6. The summed E-state index contributed by atoms with van der Waals surface area (Å²) in [5, 5.41) is 6.58. The molecule has 0 atom stereocenters. The van der Waals surface area contributed by atoms with Gasteiger partial charge in [0.05, 0.1) is 0 Å². The van der Waals surface area contributed by atoms with Crippen LogP contribution in [0.25, 0.3) is 111 Å². The van der Waals surface area contributed by atoms with Gasteiger partial charge in [0, 0.05) is 38.2 Å². The molecular formula is C43H23N3O2. The summed E-state index contributed by atoms with van der Waals surface area (Å²) in [5.74, 6) is 1.78. The summed E-state index contributed by atoms with van der Waals surface area (Å²) < 4.78 is 12.8. The smallest absolute Gasteiger partial charge is 0.164 e. The van der Waals surface area contributed by atoms with Crippen molar-refractivity contribution in [3.8, 4) is 56.4 Å². The summed E-state index contributed by atoms with van der Waals surface area (Å²) >= 11 is 0. The highest BCUT2D eigenvalue weighted by molar-refractivity contribution is 6.21. The van der Waals surface area contributed by atoms with E-state index >= 15 is 0 Å². The lowest BCUT2D eigenvalue weighted by Crippen LogP contribution is -2.00. The molecule has 0 radical (unpaired) electrons. The van der Waals surface area contributed by atoms with Crippen molar-refractivity contribution in [1.29, 1.82) is 0 Å². The van der Waals surface area contributed by atoms with Gasteiger partial charge in [-0.2, -0.15) is 0 Å². The van der Waals surface area contributed by atoms with Crippen LogP contribution in [0.3, 0.4) is 0 Å². The molecule has 0 aliphatic heterocycles. The SMILES string of the molecule is c1ccc(-c2nc(-c3cccc4oc5ccccc5c34)nc(-c3cccc4oc5cc6c(cc5c34)-c3cccc4cccc-6c34)n2)cc1. The van der Waals surface area contributed by atoms with E-state index in [0.717, 1.165) is 60.6 Å². The van der Waals surface area contributed by atoms with E-state index in [-0.39, 0.29) is 0 Å². The van der Waals surface area contributed by atoms with Crippen molar-refractivity contribution in [3.63, 3.8) is 0 Å². The van der Waals surface area contributed by atoms with Crippen molar-refractivity contribution in [2.24, 2.45) is 0 Å². The Morgan fingerprint density at radius 1 is 0.333 bits per heavy atom. The average molecular weight is 614 g/mol. The number of furan rings is 2. The number of benzene rings is 7. The van der Waals surface area contributed by atoms with Gasteiger partial charge < -0.3 is 8.83 Å². The lowest BCUT2D eigenvalue weighted by Gasteiger charge is -2.10. The Labute approximate surface area is 273 Å². The first-order valence-corrected chi connectivity index (χ1v) is 16.0. The molecule has 7 aromatic carbocycles. The Kier molecular flexibility index (Phi) is 5.05. The molecule has 5 nitrogen and oxygen atoms in total. The Morgan fingerprint density at radius 3 is 1.60 bits per heavy atom. The fraction of sp³-hybridized carbons (Fsp3) is 0. The van der Waals surface area contributed by atoms with Crippen LogP contribution in [0.2, 0.25) is 0 Å². The highest BCUT2D eigenvalue weighted by Gasteiger charge is 2.25. The molecule has 48 heavy (non-hydrogen) atoms. The summed E-state index contributed by atoms with van der Waals surface area (Å²) in [7, 11) is 0. The molecule has 0 spiro atoms. The van der Waals surface area contributed by atoms with E-state index in [4.69, 9.17) is 23.8 Å². The summed E-state index contributed by atoms with van der Waals surface area (Å²) in [4.78, 5) is 15.4. The third-order valence-corrected chi connectivity index (χ3v) is 9.67. The minimum atomic E-state index is 0.586. The van der Waals surface area contributed by atoms with E-state index in [0.29, 0.717) is 17.5 Å². The van der Waals surface area contributed by atoms with E-state index < -0.39 is 0 Å². The Bertz CT molecular complexity index is 2950. The standard InChI is InChI=1S/C43H23N3O2/c1-2-10-25(11-3-1)41-44-42(29-17-8-20-35-39(29)28-14-4-5-19-34(28)47-35)46-43(45-41)30-18-9-21-36-40(30)33-22-31-26-15-6-12-24-13-7-16-27(38(24)26)32(31)23-37(33)48-36/h1-23H. The molecule has 222 valence electrons. The topological polar surface area (TPSA) is 65.0 Å². The number of hydrogen-bond acceptors (Lipinski definition) is 5. The summed E-state index contributed by atoms with van der Waals surface area (Å²) in [5.41, 5.74) is 10.9. The molecule has 5 heteroatoms. The third-order valence-electron chi connectivity index (χ3n) is 9.67. The monoisotopic (exact) mass is 613 g/mol. The largest absolute Gasteiger partial charge is 0.456 e. The number of nitrogens with zero attached hydrogens (tertiary/aromatic N) is 3. The van der Waals surface area contributed by atoms with Crippen molar-refractivity contribution < 1.29 is 8.83 Å². The zero-order valence-corrected chi connectivity index (χ0v) is 25.4. The molecule has 0 saturated carbocycles. The van der Waals surface area contributed by atoms with Crippen LogP contribution in [0.5, 0.6) is 0 Å². The predicted molar refractivity (Wildman–Crippen MR) is 193 cm³/mol. The fourth-order valence-electron chi connectivity index (χ4n) is 7.59. The fourth-order valence-corrected chi connectivity index (χ4v) is 7.59. The van der Waals surface area contributed by atoms with Crippen LogP contribution in [0.1, 0.15) is 0 Å². The molecule has 0 saturated heterocycles. The minimum absolute atomic E-state index is 0.586. The molecule has 1 aliphatic rings. The van der Waals surface area contributed by atoms with Gasteiger partial charge in [-0.1, -0.05) is 109 Å². The van der Waals surface area contributed by atoms with E-state index in [1.165, 1.54) is 33.0 Å². The van der Waals surface area contributed by atoms with Gasteiger partial charge in [-0.15, -0.1) is 0 Å². The van der Waals surface area contributed by atoms with Gasteiger partial charge in [0.1, 0.15) is 22.3 Å². The molecule has 3 heterocycles. The minimum Gasteiger partial charge on any atom is -0.456 e. The van der Waals surface area contributed by atoms with Crippen LogP contribution in [-0.2, 0) is 0 Å². The van der Waals surface area contributed by atoms with Gasteiger partial charge in [0.25, 0.3) is 0 Å². The number of aromatic nitrogens is 3. The maximum absolute atomic E-state index is 6.58. The molecule has 10 aromatic rings. The molecule has 0 unspecified atom stereocenters. The molecular weight excluding hydrogens is 590 g/mol. The Morgan fingerprint density at radius 2 is 0.875 bits per heavy atom. The molecule has 0 N–H and O–H groups in total. The number of hydrogen-bond donors (Lipinski definition) is 0. The van der Waals surface area contributed by atoms with Crippen LogP contribution < -0.4 is 0 Å². The van der Waals surface area contributed by atoms with Gasteiger partial charge in [0.2, 0.25) is 0 Å². The number of rotatable bonds is 3. The van der Waals surface area contributed by atoms with Crippen LogP contribution in [0.4, 0.5) is 0 Å². The lowest BCUT2D eigenvalue weighted by molar-refractivity contribution is 0.668. The van der Waals surface area contributed by atoms with Crippen LogP contribution in [0.15, 0.2) is 148 Å². The van der Waals surface area contributed by atoms with Gasteiger partial charge in [-0.05, 0) is 63.4 Å². The second-order valence-corrected chi connectivity index (χ2v) is 12.3. The summed E-state index contributed by atoms with van der Waals surface area (Å²) in [6.07, 6.45) is 0. The summed E-state index contributed by atoms with van der Waals surface area (Å²) in [6, 6.07) is 47.9. The maximum atomic E-state index is 6.58. The molecule has 3 aromatic heterocycles. The van der Waals surface area contributed by atoms with Gasteiger partial charge in [0.15, 0.2) is 17.5 Å². The lowest BCUT2D eigenvalue weighted by atomic mass is 9.99. The van der Waals surface area contributed by atoms with Crippen LogP contribution >= 0.6 is 0 Å². The summed E-state index contributed by atoms with van der Waals surface area (Å²) in [6.45, 7) is 0. The van der Waals surface area contributed by atoms with Gasteiger partial charge >= 0.3 is 0 Å². The predicted octanol–water partition coefficient (Wildman–Crippen LogP) is 11.5. The first-order chi connectivity index (χ1) is 23.8. The van der Waals surface area contributed by atoms with Crippen molar-refractivity contribution in [3.05, 3.63) is 140 Å². The zero-order chi connectivity index (χ0) is 31.3. The highest BCUT2D eigenvalue weighted by atomic mass is 16.3. The van der Waals surface area contributed by atoms with E-state index in [9.17, 15) is 0 Å². The Hall–Kier alpha value is -6.59. The van der Waals surface area contributed by atoms with Crippen molar-refractivity contribution >= 4 is 54.6 Å². The molecule has 0 fully saturated rings. The van der Waals surface area contributed by atoms with Gasteiger partial charge in [-0.25, -0.2) is 15.0 Å². The van der Waals surface area contributed by atoms with Gasteiger partial charge in [-0.3, -0.25) is 0 Å². The average Bonchev–Trinajstić information content (AvgIpc) is 3.81. The normalized spacial score (nSPS) is 12.2. The highest BCUT2D eigenvalue weighted by Crippen LogP contribution is 2.50. The number of fused-ring (bicyclic) bond motifs is 9. The second kappa shape index (κ2) is 9.47. The zero-order valence-electron chi connectivity index (χ0n) is 25.4. The van der Waals surface area contributed by atoms with Crippen molar-refractivity contribution in [2.45, 2.75) is 0 Å². The van der Waals surface area contributed by atoms with E-state index in [1.807, 2.05) is 72.8 Å². The molecule has 0 amide bonds. The van der Waals surface area contributed by atoms with Crippen LogP contribution in [-0.4, -0.2) is 15.0 Å². The van der Waals surface area contributed by atoms with Crippen molar-refractivity contribution in [2.75, 3.05) is 0 Å². The van der Waals surface area contributed by atoms with E-state index in [1.54, 1.807) is 0 Å². The van der Waals surface area contributed by atoms with E-state index in [2.05, 4.69) is 66.7 Å². The first-order valence-electron chi connectivity index (χ1n) is 16.0. The van der Waals surface area contributed by atoms with Crippen molar-refractivity contribution in [1.82, 2.24) is 15.0 Å². The molecule has 1 aliphatic carbocycles. The molecule has 11 rings (SSSR count). The maximum Gasteiger partial charge on any atom is 0.164 e. The number of para-hydroxylation sites is 1. The third kappa shape index (κ3) is 3.53. The van der Waals surface area contributed by atoms with Crippen LogP contribution in [0, 0.1) is 0 Å². The second-order valence-electron chi connectivity index (χ2n) is 12.3. The quantitative estimate of drug-likeness (QED) is 0.198. The Balaban J connectivity index is 1.19. The molecule has 0 bridgehead atoms.